The van der Waals surface area contributed by atoms with Gasteiger partial charge in [0, 0.05) is 12.6 Å². The Bertz CT molecular complexity index is 1360. The number of aromatic nitrogens is 2. The summed E-state index contributed by atoms with van der Waals surface area (Å²) in [5, 5.41) is 13.1. The van der Waals surface area contributed by atoms with E-state index < -0.39 is 49.6 Å². The molecular formula is C25H31FN3O9P. The lowest BCUT2D eigenvalue weighted by Crippen LogP contribution is -2.37. The average molecular weight is 568 g/mol. The molecule has 1 aliphatic heterocycles. The molecule has 0 amide bonds. The molecule has 0 bridgehead atoms. The predicted octanol–water partition coefficient (Wildman–Crippen LogP) is 3.16. The molecule has 0 saturated carbocycles. The molecule has 1 saturated heterocycles. The van der Waals surface area contributed by atoms with Crippen molar-refractivity contribution in [1.82, 2.24) is 14.6 Å². The fourth-order valence-corrected chi connectivity index (χ4v) is 5.20. The maximum atomic E-state index is 13.6. The zero-order valence-electron chi connectivity index (χ0n) is 21.6. The Morgan fingerprint density at radius 2 is 2.08 bits per heavy atom. The van der Waals surface area contributed by atoms with Crippen LogP contribution in [-0.4, -0.2) is 46.2 Å². The molecule has 3 N–H and O–H groups in total. The van der Waals surface area contributed by atoms with Gasteiger partial charge in [0.05, 0.1) is 19.0 Å². The van der Waals surface area contributed by atoms with Gasteiger partial charge in [-0.15, -0.1) is 0 Å². The number of aliphatic hydroxyl groups is 1. The third-order valence-corrected chi connectivity index (χ3v) is 7.30. The summed E-state index contributed by atoms with van der Waals surface area (Å²) in [5.41, 5.74) is -0.766. The van der Waals surface area contributed by atoms with Gasteiger partial charge in [0.1, 0.15) is 24.1 Å². The van der Waals surface area contributed by atoms with Crippen LogP contribution in [0, 0.1) is 0 Å². The molecule has 39 heavy (non-hydrogen) atoms. The molecule has 2 aromatic rings. The van der Waals surface area contributed by atoms with E-state index in [-0.39, 0.29) is 17.7 Å². The van der Waals surface area contributed by atoms with Crippen LogP contribution in [0.15, 0.2) is 64.1 Å². The number of allylic oxidation sites excluding steroid dienone is 2. The predicted molar refractivity (Wildman–Crippen MR) is 139 cm³/mol. The van der Waals surface area contributed by atoms with E-state index in [1.54, 1.807) is 31.2 Å². The highest BCUT2D eigenvalue weighted by molar-refractivity contribution is 7.52. The topological polar surface area (TPSA) is 158 Å². The monoisotopic (exact) mass is 567 g/mol. The van der Waals surface area contributed by atoms with E-state index in [0.717, 1.165) is 11.7 Å². The van der Waals surface area contributed by atoms with E-state index in [4.69, 9.17) is 13.8 Å². The Labute approximate surface area is 223 Å². The highest BCUT2D eigenvalue weighted by atomic mass is 31.2. The largest absolute Gasteiger partial charge is 0.468 e. The number of H-pyrrole nitrogens is 1. The minimum atomic E-state index is -4.35. The summed E-state index contributed by atoms with van der Waals surface area (Å²) in [6, 6.07) is 6.89. The summed E-state index contributed by atoms with van der Waals surface area (Å²) in [6.07, 6.45) is 1.70. The van der Waals surface area contributed by atoms with Gasteiger partial charge < -0.3 is 19.1 Å². The number of nitrogens with one attached hydrogen (secondary N) is 2. The Balaban J connectivity index is 1.80. The second-order valence-electron chi connectivity index (χ2n) is 8.79. The number of esters is 1. The third kappa shape index (κ3) is 8.32. The van der Waals surface area contributed by atoms with Crippen molar-refractivity contribution >= 4 is 19.8 Å². The number of halogens is 1. The first-order valence-electron chi connectivity index (χ1n) is 12.1. The lowest BCUT2D eigenvalue weighted by atomic mass is 10.1. The zero-order valence-corrected chi connectivity index (χ0v) is 22.5. The van der Waals surface area contributed by atoms with Gasteiger partial charge in [-0.1, -0.05) is 30.4 Å². The lowest BCUT2D eigenvalue weighted by Gasteiger charge is -2.26. The van der Waals surface area contributed by atoms with Crippen molar-refractivity contribution in [2.75, 3.05) is 7.11 Å². The summed E-state index contributed by atoms with van der Waals surface area (Å²) in [6.45, 7) is 3.02. The number of carbonyl (C=O) groups is 1. The van der Waals surface area contributed by atoms with Crippen LogP contribution in [-0.2, 0) is 23.4 Å². The summed E-state index contributed by atoms with van der Waals surface area (Å²) in [4.78, 5) is 38.9. The molecule has 3 rings (SSSR count). The quantitative estimate of drug-likeness (QED) is 0.257. The number of aromatic amines is 1. The Kier molecular flexibility index (Phi) is 10.6. The molecule has 4 unspecified atom stereocenters. The van der Waals surface area contributed by atoms with Gasteiger partial charge in [0.25, 0.3) is 5.56 Å². The molecule has 1 aromatic carbocycles. The normalized spacial score (nSPS) is 22.0. The smallest absolute Gasteiger partial charge is 0.461 e. The molecule has 1 aliphatic rings. The minimum absolute atomic E-state index is 0.130. The van der Waals surface area contributed by atoms with Crippen LogP contribution in [0.1, 0.15) is 44.9 Å². The standard InChI is InChI=1S/C25H31FN3O9P/c1-16(14-26)9-7-8-10-18-15-29(25(33)27-22(18)31)21-13-20(30)24(36-21)38-39(34,28-17(2)23(32)35-3)37-19-11-5-4-6-12-19/h4-6,8,10-12,14-15,17,20-21,24,30H,7,9,13H2,1-3H3,(H,28,34)(H,27,31,33)/b10-8+,16-14-/t17-,20?,21?,24?,39?/m0/s1. The van der Waals surface area contributed by atoms with Crippen LogP contribution in [0.5, 0.6) is 5.75 Å². The molecule has 0 aliphatic carbocycles. The fraction of sp³-hybridized carbons (Fsp3) is 0.400. The number of aliphatic hydroxyl groups excluding tert-OH is 1. The summed E-state index contributed by atoms with van der Waals surface area (Å²) < 4.78 is 48.6. The Morgan fingerprint density at radius 3 is 2.74 bits per heavy atom. The summed E-state index contributed by atoms with van der Waals surface area (Å²) in [5.74, 6) is -0.586. The van der Waals surface area contributed by atoms with Crippen molar-refractivity contribution in [2.45, 2.75) is 57.8 Å². The molecule has 14 heteroatoms. The number of carbonyl (C=O) groups excluding carboxylic acids is 1. The van der Waals surface area contributed by atoms with Crippen LogP contribution in [0.2, 0.25) is 0 Å². The number of methoxy groups -OCH3 is 1. The first kappa shape index (κ1) is 30.2. The molecule has 12 nitrogen and oxygen atoms in total. The summed E-state index contributed by atoms with van der Waals surface area (Å²) in [7, 11) is -3.19. The molecule has 1 fully saturated rings. The van der Waals surface area contributed by atoms with Crippen molar-refractivity contribution in [3.8, 4) is 5.75 Å². The van der Waals surface area contributed by atoms with Crippen molar-refractivity contribution < 1.29 is 37.4 Å². The molecular weight excluding hydrogens is 536 g/mol. The van der Waals surface area contributed by atoms with E-state index in [1.807, 2.05) is 0 Å². The number of benzene rings is 1. The van der Waals surface area contributed by atoms with Gasteiger partial charge in [-0.25, -0.2) is 13.8 Å². The lowest BCUT2D eigenvalue weighted by molar-refractivity contribution is -0.143. The van der Waals surface area contributed by atoms with Crippen molar-refractivity contribution in [1.29, 1.82) is 0 Å². The average Bonchev–Trinajstić information content (AvgIpc) is 3.26. The minimum Gasteiger partial charge on any atom is -0.468 e. The van der Waals surface area contributed by atoms with E-state index in [0.29, 0.717) is 24.7 Å². The number of hydrogen-bond donors (Lipinski definition) is 3. The van der Waals surface area contributed by atoms with Crippen molar-refractivity contribution in [3.63, 3.8) is 0 Å². The van der Waals surface area contributed by atoms with Gasteiger partial charge in [0.2, 0.25) is 0 Å². The number of rotatable bonds is 12. The van der Waals surface area contributed by atoms with Crippen LogP contribution >= 0.6 is 7.75 Å². The third-order valence-electron chi connectivity index (χ3n) is 5.66. The van der Waals surface area contributed by atoms with E-state index in [9.17, 15) is 28.4 Å². The van der Waals surface area contributed by atoms with Gasteiger partial charge in [0.15, 0.2) is 6.29 Å². The van der Waals surface area contributed by atoms with E-state index in [1.165, 1.54) is 31.3 Å². The SMILES string of the molecule is COC(=O)[C@H](C)NP(=O)(Oc1ccccc1)OC1OC(n2cc(/C=C/CC/C(C)=C\F)c(=O)[nH]c2=O)CC1O. The van der Waals surface area contributed by atoms with E-state index >= 15 is 0 Å². The molecule has 0 radical (unpaired) electrons. The first-order valence-corrected chi connectivity index (χ1v) is 13.6. The van der Waals surface area contributed by atoms with E-state index in [2.05, 4.69) is 14.8 Å². The van der Waals surface area contributed by atoms with Crippen LogP contribution in [0.4, 0.5) is 4.39 Å². The second-order valence-corrected chi connectivity index (χ2v) is 10.4. The van der Waals surface area contributed by atoms with Crippen molar-refractivity contribution in [3.05, 3.63) is 80.9 Å². The highest BCUT2D eigenvalue weighted by Crippen LogP contribution is 2.48. The van der Waals surface area contributed by atoms with Crippen LogP contribution in [0.25, 0.3) is 6.08 Å². The molecule has 2 heterocycles. The van der Waals surface area contributed by atoms with Gasteiger partial charge in [-0.2, -0.15) is 5.09 Å². The van der Waals surface area contributed by atoms with Crippen LogP contribution < -0.4 is 20.9 Å². The van der Waals surface area contributed by atoms with Crippen molar-refractivity contribution in [2.24, 2.45) is 0 Å². The fourth-order valence-electron chi connectivity index (χ4n) is 3.60. The highest BCUT2D eigenvalue weighted by Gasteiger charge is 2.43. The van der Waals surface area contributed by atoms with Crippen LogP contribution in [0.3, 0.4) is 0 Å². The second kappa shape index (κ2) is 13.6. The van der Waals surface area contributed by atoms with Gasteiger partial charge in [-0.05, 0) is 44.4 Å². The summed E-state index contributed by atoms with van der Waals surface area (Å²) >= 11 is 0. The molecule has 0 spiro atoms. The van der Waals surface area contributed by atoms with Gasteiger partial charge in [-0.3, -0.25) is 23.7 Å². The maximum Gasteiger partial charge on any atom is 0.461 e. The molecule has 212 valence electrons. The zero-order chi connectivity index (χ0) is 28.6. The number of para-hydroxylation sites is 1. The molecule has 5 atom stereocenters. The van der Waals surface area contributed by atoms with Gasteiger partial charge >= 0.3 is 19.4 Å². The molecule has 1 aromatic heterocycles. The Hall–Kier alpha value is -3.35. The first-order chi connectivity index (χ1) is 18.5. The number of hydrogen-bond acceptors (Lipinski definition) is 9. The number of nitrogens with zero attached hydrogens (tertiary/aromatic N) is 1. The number of ether oxygens (including phenoxy) is 2. The Morgan fingerprint density at radius 1 is 1.36 bits per heavy atom. The maximum absolute atomic E-state index is 13.6.